The van der Waals surface area contributed by atoms with Gasteiger partial charge in [0.25, 0.3) is 5.91 Å². The summed E-state index contributed by atoms with van der Waals surface area (Å²) < 4.78 is 0. The zero-order chi connectivity index (χ0) is 18.5. The van der Waals surface area contributed by atoms with Crippen molar-refractivity contribution >= 4 is 29.0 Å². The van der Waals surface area contributed by atoms with Gasteiger partial charge in [0, 0.05) is 31.4 Å². The lowest BCUT2D eigenvalue weighted by atomic mass is 9.99. The van der Waals surface area contributed by atoms with Crippen molar-refractivity contribution in [2.45, 2.75) is 26.7 Å². The molecule has 0 spiro atoms. The topological polar surface area (TPSA) is 87.2 Å². The number of benzene rings is 1. The second-order valence-corrected chi connectivity index (χ2v) is 6.67. The van der Waals surface area contributed by atoms with Gasteiger partial charge in [-0.05, 0) is 49.1 Å². The van der Waals surface area contributed by atoms with Crippen LogP contribution in [0, 0.1) is 5.92 Å². The van der Waals surface area contributed by atoms with Gasteiger partial charge in [-0.25, -0.2) is 0 Å². The van der Waals surface area contributed by atoms with Gasteiger partial charge in [-0.1, -0.05) is 13.0 Å². The van der Waals surface area contributed by atoms with Crippen LogP contribution in [0.3, 0.4) is 0 Å². The highest BCUT2D eigenvalue weighted by molar-refractivity contribution is 5.92. The lowest BCUT2D eigenvalue weighted by Crippen LogP contribution is -2.38. The highest BCUT2D eigenvalue weighted by atomic mass is 16.2. The number of likely N-dealkylation sites (tertiary alicyclic amines) is 1. The minimum atomic E-state index is -0.128. The van der Waals surface area contributed by atoms with Crippen LogP contribution >= 0.6 is 0 Å². The predicted molar refractivity (Wildman–Crippen MR) is 100 cm³/mol. The van der Waals surface area contributed by atoms with Gasteiger partial charge in [-0.15, -0.1) is 10.2 Å². The van der Waals surface area contributed by atoms with Crippen molar-refractivity contribution in [2.75, 3.05) is 23.7 Å². The molecule has 7 nitrogen and oxygen atoms in total. The van der Waals surface area contributed by atoms with Crippen LogP contribution in [-0.4, -0.2) is 40.0 Å². The van der Waals surface area contributed by atoms with E-state index < -0.39 is 0 Å². The van der Waals surface area contributed by atoms with Crippen LogP contribution in [0.15, 0.2) is 36.4 Å². The van der Waals surface area contributed by atoms with Crippen molar-refractivity contribution in [2.24, 2.45) is 5.92 Å². The summed E-state index contributed by atoms with van der Waals surface area (Å²) in [4.78, 5) is 25.5. The van der Waals surface area contributed by atoms with Gasteiger partial charge in [0.1, 0.15) is 0 Å². The Kier molecular flexibility index (Phi) is 5.46. The Labute approximate surface area is 152 Å². The van der Waals surface area contributed by atoms with E-state index in [0.29, 0.717) is 23.1 Å². The molecular weight excluding hydrogens is 330 g/mol. The van der Waals surface area contributed by atoms with E-state index in [1.807, 2.05) is 17.0 Å². The second-order valence-electron chi connectivity index (χ2n) is 6.67. The third kappa shape index (κ3) is 4.56. The summed E-state index contributed by atoms with van der Waals surface area (Å²) in [5.74, 6) is 1.01. The van der Waals surface area contributed by atoms with E-state index in [-0.39, 0.29) is 11.8 Å². The maximum absolute atomic E-state index is 12.5. The number of nitrogens with one attached hydrogen (secondary N) is 2. The van der Waals surface area contributed by atoms with Crippen LogP contribution in [0.5, 0.6) is 0 Å². The minimum Gasteiger partial charge on any atom is -0.339 e. The van der Waals surface area contributed by atoms with Gasteiger partial charge >= 0.3 is 0 Å². The lowest BCUT2D eigenvalue weighted by molar-refractivity contribution is -0.114. The summed E-state index contributed by atoms with van der Waals surface area (Å²) in [7, 11) is 0. The standard InChI is InChI=1S/C19H23N5O2/c1-13-8-10-24(11-9-13)19(26)17-6-7-18(23-22-17)21-16-5-3-4-15(12-16)20-14(2)25/h3-7,12-13H,8-11H2,1-2H3,(H,20,25)(H,21,23). The number of aromatic nitrogens is 2. The van der Waals surface area contributed by atoms with E-state index in [1.54, 1.807) is 24.3 Å². The Hall–Kier alpha value is -2.96. The van der Waals surface area contributed by atoms with E-state index >= 15 is 0 Å². The zero-order valence-corrected chi connectivity index (χ0v) is 15.0. The zero-order valence-electron chi connectivity index (χ0n) is 15.0. The Morgan fingerprint density at radius 3 is 2.46 bits per heavy atom. The van der Waals surface area contributed by atoms with E-state index in [4.69, 9.17) is 0 Å². The summed E-state index contributed by atoms with van der Waals surface area (Å²) in [6.07, 6.45) is 2.06. The third-order valence-corrected chi connectivity index (χ3v) is 4.41. The van der Waals surface area contributed by atoms with Crippen LogP contribution in [0.25, 0.3) is 0 Å². The number of nitrogens with zero attached hydrogens (tertiary/aromatic N) is 3. The normalized spacial score (nSPS) is 14.8. The molecule has 1 aliphatic heterocycles. The number of carbonyl (C=O) groups is 2. The first kappa shape index (κ1) is 17.8. The summed E-state index contributed by atoms with van der Waals surface area (Å²) in [5.41, 5.74) is 1.83. The highest BCUT2D eigenvalue weighted by Gasteiger charge is 2.22. The fraction of sp³-hybridized carbons (Fsp3) is 0.368. The molecule has 1 fully saturated rings. The molecule has 1 aromatic carbocycles. The summed E-state index contributed by atoms with van der Waals surface area (Å²) in [6, 6.07) is 10.7. The number of hydrogen-bond acceptors (Lipinski definition) is 5. The predicted octanol–water partition coefficient (Wildman–Crippen LogP) is 3.05. The fourth-order valence-corrected chi connectivity index (χ4v) is 2.91. The van der Waals surface area contributed by atoms with Crippen LogP contribution in [0.4, 0.5) is 17.2 Å². The van der Waals surface area contributed by atoms with Gasteiger partial charge in [-0.3, -0.25) is 9.59 Å². The first-order chi connectivity index (χ1) is 12.5. The molecule has 1 aromatic heterocycles. The largest absolute Gasteiger partial charge is 0.339 e. The van der Waals surface area contributed by atoms with Crippen LogP contribution in [0.2, 0.25) is 0 Å². The van der Waals surface area contributed by atoms with E-state index in [1.165, 1.54) is 6.92 Å². The average Bonchev–Trinajstić information content (AvgIpc) is 2.62. The van der Waals surface area contributed by atoms with E-state index in [2.05, 4.69) is 27.8 Å². The number of rotatable bonds is 4. The summed E-state index contributed by atoms with van der Waals surface area (Å²) >= 11 is 0. The molecule has 2 aromatic rings. The van der Waals surface area contributed by atoms with Crippen molar-refractivity contribution in [1.82, 2.24) is 15.1 Å². The maximum Gasteiger partial charge on any atom is 0.274 e. The molecule has 0 atom stereocenters. The summed E-state index contributed by atoms with van der Waals surface area (Å²) in [6.45, 7) is 5.22. The minimum absolute atomic E-state index is 0.0661. The molecule has 1 aliphatic rings. The van der Waals surface area contributed by atoms with Gasteiger partial charge in [0.05, 0.1) is 0 Å². The Bertz CT molecular complexity index is 783. The van der Waals surface area contributed by atoms with Crippen LogP contribution < -0.4 is 10.6 Å². The monoisotopic (exact) mass is 353 g/mol. The van der Waals surface area contributed by atoms with Crippen molar-refractivity contribution < 1.29 is 9.59 Å². The molecular formula is C19H23N5O2. The maximum atomic E-state index is 12.5. The first-order valence-electron chi connectivity index (χ1n) is 8.79. The second kappa shape index (κ2) is 7.95. The fourth-order valence-electron chi connectivity index (χ4n) is 2.91. The van der Waals surface area contributed by atoms with Crippen LogP contribution in [-0.2, 0) is 4.79 Å². The van der Waals surface area contributed by atoms with Gasteiger partial charge in [-0.2, -0.15) is 0 Å². The average molecular weight is 353 g/mol. The molecule has 3 rings (SSSR count). The number of hydrogen-bond donors (Lipinski definition) is 2. The molecule has 1 saturated heterocycles. The third-order valence-electron chi connectivity index (χ3n) is 4.41. The smallest absolute Gasteiger partial charge is 0.274 e. The number of carbonyl (C=O) groups excluding carboxylic acids is 2. The van der Waals surface area contributed by atoms with Crippen molar-refractivity contribution in [3.8, 4) is 0 Å². The number of anilines is 3. The first-order valence-corrected chi connectivity index (χ1v) is 8.79. The van der Waals surface area contributed by atoms with Crippen molar-refractivity contribution in [1.29, 1.82) is 0 Å². The van der Waals surface area contributed by atoms with Gasteiger partial charge < -0.3 is 15.5 Å². The highest BCUT2D eigenvalue weighted by Crippen LogP contribution is 2.20. The van der Waals surface area contributed by atoms with E-state index in [0.717, 1.165) is 31.6 Å². The summed E-state index contributed by atoms with van der Waals surface area (Å²) in [5, 5.41) is 14.0. The van der Waals surface area contributed by atoms with Crippen LogP contribution in [0.1, 0.15) is 37.2 Å². The molecule has 136 valence electrons. The molecule has 7 heteroatoms. The van der Waals surface area contributed by atoms with Gasteiger partial charge in [0.15, 0.2) is 11.5 Å². The molecule has 2 N–H and O–H groups in total. The number of amides is 2. The molecule has 0 bridgehead atoms. The Morgan fingerprint density at radius 1 is 1.08 bits per heavy atom. The quantitative estimate of drug-likeness (QED) is 0.882. The molecule has 0 saturated carbocycles. The van der Waals surface area contributed by atoms with Gasteiger partial charge in [0.2, 0.25) is 5.91 Å². The lowest BCUT2D eigenvalue weighted by Gasteiger charge is -2.29. The van der Waals surface area contributed by atoms with Crippen molar-refractivity contribution in [3.63, 3.8) is 0 Å². The molecule has 26 heavy (non-hydrogen) atoms. The Morgan fingerprint density at radius 2 is 1.81 bits per heavy atom. The SMILES string of the molecule is CC(=O)Nc1cccc(Nc2ccc(C(=O)N3CCC(C)CC3)nn2)c1. The molecule has 0 radical (unpaired) electrons. The Balaban J connectivity index is 1.64. The van der Waals surface area contributed by atoms with E-state index in [9.17, 15) is 9.59 Å². The van der Waals surface area contributed by atoms with Crippen molar-refractivity contribution in [3.05, 3.63) is 42.1 Å². The molecule has 0 unspecified atom stereocenters. The number of piperidine rings is 1. The molecule has 2 heterocycles. The molecule has 2 amide bonds. The molecule has 0 aliphatic carbocycles.